The van der Waals surface area contributed by atoms with Gasteiger partial charge in [-0.05, 0) is 18.4 Å². The third-order valence-electron chi connectivity index (χ3n) is 6.71. The van der Waals surface area contributed by atoms with Gasteiger partial charge in [-0.3, -0.25) is 24.0 Å². The molecule has 13 heteroatoms. The number of hydrogen-bond donors (Lipinski definition) is 5. The number of aliphatic hydroxyl groups excluding tert-OH is 1. The molecular weight excluding hydrogens is 537 g/mol. The summed E-state index contributed by atoms with van der Waals surface area (Å²) in [6, 6.07) is 3.36. The quantitative estimate of drug-likeness (QED) is 0.320. The third kappa shape index (κ3) is 6.75. The van der Waals surface area contributed by atoms with E-state index in [1.165, 1.54) is 4.90 Å². The van der Waals surface area contributed by atoms with Gasteiger partial charge in [0.25, 0.3) is 0 Å². The standard InChI is InChI=1S/C25H33Cl2N5O6/c1-3-15-22(35)31-18(12-33)23(36)30-17(13-8-6-5-7-9-13)10-19(34)28-16(4-2)25(38)32-11-14(26)20(27)21(32)24(37)29-15/h5-9,14-18,20-21,33H,3-4,10-12H2,1-2H3,(H,28,34)(H,29,37)(H,30,36)(H,31,35)/t14-,15-,16+,17-,18+,20-,21+/m0/s1. The minimum absolute atomic E-state index is 0.0166. The Morgan fingerprint density at radius 2 is 1.45 bits per heavy atom. The molecule has 0 spiro atoms. The molecule has 0 aliphatic carbocycles. The Morgan fingerprint density at radius 3 is 2.05 bits per heavy atom. The number of alkyl halides is 2. The van der Waals surface area contributed by atoms with Crippen LogP contribution in [-0.2, 0) is 24.0 Å². The average molecular weight is 570 g/mol. The van der Waals surface area contributed by atoms with Gasteiger partial charge in [-0.1, -0.05) is 44.2 Å². The molecule has 0 unspecified atom stereocenters. The van der Waals surface area contributed by atoms with Crippen molar-refractivity contribution < 1.29 is 29.1 Å². The molecule has 2 fully saturated rings. The zero-order chi connectivity index (χ0) is 28.0. The van der Waals surface area contributed by atoms with Gasteiger partial charge >= 0.3 is 0 Å². The molecule has 5 N–H and O–H groups in total. The van der Waals surface area contributed by atoms with E-state index in [-0.39, 0.29) is 25.8 Å². The van der Waals surface area contributed by atoms with Crippen molar-refractivity contribution in [2.24, 2.45) is 0 Å². The fraction of sp³-hybridized carbons (Fsp3) is 0.560. The molecule has 7 atom stereocenters. The second-order valence-electron chi connectivity index (χ2n) is 9.31. The first-order valence-corrected chi connectivity index (χ1v) is 13.4. The van der Waals surface area contributed by atoms with Crippen LogP contribution in [0.25, 0.3) is 0 Å². The summed E-state index contributed by atoms with van der Waals surface area (Å²) in [6.45, 7) is 2.64. The highest BCUT2D eigenvalue weighted by Gasteiger charge is 2.48. The van der Waals surface area contributed by atoms with Crippen LogP contribution in [0.15, 0.2) is 30.3 Å². The summed E-state index contributed by atoms with van der Waals surface area (Å²) >= 11 is 12.8. The molecular formula is C25H33Cl2N5O6. The molecule has 0 radical (unpaired) electrons. The fourth-order valence-corrected chi connectivity index (χ4v) is 5.17. The number of hydrogen-bond acceptors (Lipinski definition) is 6. The first kappa shape index (κ1) is 29.7. The number of aliphatic hydroxyl groups is 1. The molecule has 5 amide bonds. The van der Waals surface area contributed by atoms with E-state index in [2.05, 4.69) is 21.3 Å². The Balaban J connectivity index is 2.00. The normalized spacial score (nSPS) is 31.7. The summed E-state index contributed by atoms with van der Waals surface area (Å²) in [5.41, 5.74) is 0.618. The number of carbonyl (C=O) groups is 5. The highest BCUT2D eigenvalue weighted by Crippen LogP contribution is 2.29. The molecule has 3 rings (SSSR count). The number of carbonyl (C=O) groups excluding carboxylic acids is 5. The maximum Gasteiger partial charge on any atom is 0.245 e. The number of benzene rings is 1. The van der Waals surface area contributed by atoms with Gasteiger partial charge in [0.15, 0.2) is 0 Å². The second kappa shape index (κ2) is 13.3. The highest BCUT2D eigenvalue weighted by atomic mass is 35.5. The Labute approximate surface area is 231 Å². The smallest absolute Gasteiger partial charge is 0.245 e. The largest absolute Gasteiger partial charge is 0.394 e. The van der Waals surface area contributed by atoms with Crippen molar-refractivity contribution in [3.8, 4) is 0 Å². The molecule has 2 aliphatic heterocycles. The van der Waals surface area contributed by atoms with Crippen LogP contribution in [-0.4, -0.2) is 87.6 Å². The van der Waals surface area contributed by atoms with Gasteiger partial charge in [0, 0.05) is 6.54 Å². The summed E-state index contributed by atoms with van der Waals surface area (Å²) in [6.07, 6.45) is 0.170. The molecule has 0 aromatic heterocycles. The van der Waals surface area contributed by atoms with Crippen molar-refractivity contribution in [2.75, 3.05) is 13.2 Å². The number of halogens is 2. The van der Waals surface area contributed by atoms with Crippen LogP contribution in [0.4, 0.5) is 0 Å². The zero-order valence-corrected chi connectivity index (χ0v) is 22.7. The van der Waals surface area contributed by atoms with Crippen LogP contribution >= 0.6 is 23.2 Å². The van der Waals surface area contributed by atoms with E-state index in [0.29, 0.717) is 5.56 Å². The van der Waals surface area contributed by atoms with E-state index >= 15 is 0 Å². The molecule has 38 heavy (non-hydrogen) atoms. The SMILES string of the molecule is CC[C@@H]1NC(=O)[C@H]2[C@@H](Cl)[C@@H](Cl)CN2C(=O)[C@@H](CC)NC(=O)C[C@@H](c2ccccc2)NC(=O)[C@@H](CO)NC1=O. The summed E-state index contributed by atoms with van der Waals surface area (Å²) in [5, 5.41) is 18.6. The molecule has 0 saturated carbocycles. The lowest BCUT2D eigenvalue weighted by Crippen LogP contribution is -2.60. The lowest BCUT2D eigenvalue weighted by Gasteiger charge is -2.31. The van der Waals surface area contributed by atoms with E-state index in [1.807, 2.05) is 0 Å². The zero-order valence-electron chi connectivity index (χ0n) is 21.2. The summed E-state index contributed by atoms with van der Waals surface area (Å²) < 4.78 is 0. The first-order valence-electron chi connectivity index (χ1n) is 12.6. The van der Waals surface area contributed by atoms with Crippen LogP contribution in [0, 0.1) is 0 Å². The fourth-order valence-electron chi connectivity index (χ4n) is 4.55. The molecule has 11 nitrogen and oxygen atoms in total. The predicted molar refractivity (Wildman–Crippen MR) is 140 cm³/mol. The van der Waals surface area contributed by atoms with E-state index in [4.69, 9.17) is 23.2 Å². The Hall–Kier alpha value is -2.89. The number of nitrogens with one attached hydrogen (secondary N) is 4. The van der Waals surface area contributed by atoms with E-state index < -0.39 is 77.1 Å². The van der Waals surface area contributed by atoms with Crippen molar-refractivity contribution in [3.05, 3.63) is 35.9 Å². The van der Waals surface area contributed by atoms with Crippen molar-refractivity contribution >= 4 is 52.7 Å². The first-order chi connectivity index (χ1) is 18.1. The number of amides is 5. The minimum atomic E-state index is -1.34. The average Bonchev–Trinajstić information content (AvgIpc) is 3.21. The second-order valence-corrected chi connectivity index (χ2v) is 10.4. The molecule has 1 aromatic rings. The van der Waals surface area contributed by atoms with Gasteiger partial charge in [-0.25, -0.2) is 0 Å². The molecule has 2 aliphatic rings. The van der Waals surface area contributed by atoms with E-state index in [0.717, 1.165) is 0 Å². The van der Waals surface area contributed by atoms with Gasteiger partial charge in [-0.2, -0.15) is 0 Å². The molecule has 1 aromatic carbocycles. The molecule has 2 saturated heterocycles. The summed E-state index contributed by atoms with van der Waals surface area (Å²) in [4.78, 5) is 67.0. The third-order valence-corrected chi connectivity index (χ3v) is 7.79. The summed E-state index contributed by atoms with van der Waals surface area (Å²) in [5.74, 6) is -3.16. The maximum atomic E-state index is 13.5. The monoisotopic (exact) mass is 569 g/mol. The molecule has 0 bridgehead atoms. The van der Waals surface area contributed by atoms with Crippen molar-refractivity contribution in [1.29, 1.82) is 0 Å². The van der Waals surface area contributed by atoms with Crippen LogP contribution in [0.5, 0.6) is 0 Å². The topological polar surface area (TPSA) is 157 Å². The van der Waals surface area contributed by atoms with Crippen LogP contribution < -0.4 is 21.3 Å². The Bertz CT molecular complexity index is 1040. The highest BCUT2D eigenvalue weighted by molar-refractivity contribution is 6.32. The maximum absolute atomic E-state index is 13.5. The van der Waals surface area contributed by atoms with E-state index in [1.54, 1.807) is 44.2 Å². The van der Waals surface area contributed by atoms with Crippen molar-refractivity contribution in [2.45, 2.75) is 74.1 Å². The predicted octanol–water partition coefficient (Wildman–Crippen LogP) is -0.0601. The molecule has 2 heterocycles. The van der Waals surface area contributed by atoms with Crippen molar-refractivity contribution in [3.63, 3.8) is 0 Å². The number of fused-ring (bicyclic) bond motifs is 1. The Morgan fingerprint density at radius 1 is 0.842 bits per heavy atom. The van der Waals surface area contributed by atoms with Gasteiger partial charge in [0.1, 0.15) is 24.2 Å². The van der Waals surface area contributed by atoms with Gasteiger partial charge in [0.2, 0.25) is 29.5 Å². The Kier molecular flexibility index (Phi) is 10.3. The number of rotatable bonds is 4. The van der Waals surface area contributed by atoms with Gasteiger partial charge < -0.3 is 31.3 Å². The van der Waals surface area contributed by atoms with E-state index in [9.17, 15) is 29.1 Å². The van der Waals surface area contributed by atoms with Crippen molar-refractivity contribution in [1.82, 2.24) is 26.2 Å². The lowest BCUT2D eigenvalue weighted by molar-refractivity contribution is -0.142. The minimum Gasteiger partial charge on any atom is -0.394 e. The van der Waals surface area contributed by atoms with Crippen LogP contribution in [0.2, 0.25) is 0 Å². The molecule has 208 valence electrons. The lowest BCUT2D eigenvalue weighted by atomic mass is 10.0. The van der Waals surface area contributed by atoms with Gasteiger partial charge in [0.05, 0.1) is 29.8 Å². The van der Waals surface area contributed by atoms with Crippen LogP contribution in [0.3, 0.4) is 0 Å². The number of nitrogens with zero attached hydrogens (tertiary/aromatic N) is 1. The van der Waals surface area contributed by atoms with Crippen LogP contribution in [0.1, 0.15) is 44.7 Å². The summed E-state index contributed by atoms with van der Waals surface area (Å²) in [7, 11) is 0. The van der Waals surface area contributed by atoms with Gasteiger partial charge in [-0.15, -0.1) is 23.2 Å².